The van der Waals surface area contributed by atoms with Crippen molar-refractivity contribution in [2.45, 2.75) is 366 Å². The van der Waals surface area contributed by atoms with Crippen LogP contribution in [0.15, 0.2) is 36.5 Å². The molecule has 0 aliphatic carbocycles. The molecule has 0 aromatic heterocycles. The van der Waals surface area contributed by atoms with E-state index in [4.69, 9.17) is 0 Å². The number of hydrogen-bond acceptors (Lipinski definition) is 4. The number of nitrogens with one attached hydrogen (secondary N) is 1. The average molecular weight is 985 g/mol. The molecule has 0 spiro atoms. The molecule has 1 amide bonds. The van der Waals surface area contributed by atoms with Gasteiger partial charge in [-0.05, 0) is 70.6 Å². The smallest absolute Gasteiger partial charge is 0.220 e. The van der Waals surface area contributed by atoms with Gasteiger partial charge in [0.2, 0.25) is 5.91 Å². The SMILES string of the molecule is CCCCCCCCCCC/C=C\C/C=C\CCCCCCCCCCCCCCCCCCCC(=O)NC(CO)C(O)C(O)CCC/C=C/CCCCCCCCCCCCCCCCCCCC. The minimum absolute atomic E-state index is 0.149. The highest BCUT2D eigenvalue weighted by molar-refractivity contribution is 5.76. The van der Waals surface area contributed by atoms with Gasteiger partial charge in [0, 0.05) is 6.42 Å². The van der Waals surface area contributed by atoms with Crippen molar-refractivity contribution in [2.24, 2.45) is 0 Å². The molecular weight excluding hydrogens is 859 g/mol. The molecule has 0 aromatic rings. The predicted molar refractivity (Wildman–Crippen MR) is 310 cm³/mol. The fourth-order valence-electron chi connectivity index (χ4n) is 10.1. The molecule has 3 unspecified atom stereocenters. The fourth-order valence-corrected chi connectivity index (χ4v) is 10.1. The molecule has 0 saturated heterocycles. The summed E-state index contributed by atoms with van der Waals surface area (Å²) in [6.07, 6.45) is 79.0. The van der Waals surface area contributed by atoms with Gasteiger partial charge in [-0.15, -0.1) is 0 Å². The summed E-state index contributed by atoms with van der Waals surface area (Å²) in [5.74, 6) is -0.149. The van der Waals surface area contributed by atoms with E-state index in [1.807, 2.05) is 0 Å². The Bertz CT molecular complexity index is 1090. The normalized spacial score (nSPS) is 13.4. The van der Waals surface area contributed by atoms with Crippen molar-refractivity contribution < 1.29 is 20.1 Å². The highest BCUT2D eigenvalue weighted by Crippen LogP contribution is 2.18. The highest BCUT2D eigenvalue weighted by atomic mass is 16.3. The van der Waals surface area contributed by atoms with Crippen LogP contribution in [0.5, 0.6) is 0 Å². The first-order chi connectivity index (χ1) is 34.6. The van der Waals surface area contributed by atoms with E-state index in [0.29, 0.717) is 12.8 Å². The van der Waals surface area contributed by atoms with Crippen LogP contribution in [-0.2, 0) is 4.79 Å². The van der Waals surface area contributed by atoms with Crippen molar-refractivity contribution >= 4 is 5.91 Å². The van der Waals surface area contributed by atoms with E-state index in [1.54, 1.807) is 0 Å². The molecule has 0 rings (SSSR count). The number of unbranched alkanes of at least 4 members (excludes halogenated alkanes) is 45. The first kappa shape index (κ1) is 68.6. The molecule has 0 aliphatic rings. The van der Waals surface area contributed by atoms with Crippen LogP contribution in [0.3, 0.4) is 0 Å². The van der Waals surface area contributed by atoms with E-state index in [2.05, 4.69) is 55.6 Å². The summed E-state index contributed by atoms with van der Waals surface area (Å²) in [7, 11) is 0. The lowest BCUT2D eigenvalue weighted by molar-refractivity contribution is -0.124. The second kappa shape index (κ2) is 60.1. The summed E-state index contributed by atoms with van der Waals surface area (Å²) in [4.78, 5) is 12.5. The van der Waals surface area contributed by atoms with Crippen LogP contribution in [0, 0.1) is 0 Å². The van der Waals surface area contributed by atoms with E-state index in [1.165, 1.54) is 276 Å². The second-order valence-electron chi connectivity index (χ2n) is 22.0. The molecule has 0 aliphatic heterocycles. The average Bonchev–Trinajstić information content (AvgIpc) is 3.36. The Morgan fingerprint density at radius 1 is 0.357 bits per heavy atom. The van der Waals surface area contributed by atoms with Gasteiger partial charge in [-0.2, -0.15) is 0 Å². The van der Waals surface area contributed by atoms with Crippen LogP contribution in [-0.4, -0.2) is 46.1 Å². The van der Waals surface area contributed by atoms with Gasteiger partial charge in [-0.3, -0.25) is 4.79 Å². The van der Waals surface area contributed by atoms with Crippen LogP contribution in [0.4, 0.5) is 0 Å². The molecule has 0 bridgehead atoms. The number of hydrogen-bond donors (Lipinski definition) is 4. The Balaban J connectivity index is 3.52. The number of allylic oxidation sites excluding steroid dienone is 6. The summed E-state index contributed by atoms with van der Waals surface area (Å²) in [6.45, 7) is 4.21. The van der Waals surface area contributed by atoms with E-state index in [9.17, 15) is 20.1 Å². The van der Waals surface area contributed by atoms with Crippen molar-refractivity contribution in [1.29, 1.82) is 0 Å². The Kier molecular flexibility index (Phi) is 58.9. The molecule has 4 N–H and O–H groups in total. The molecule has 5 nitrogen and oxygen atoms in total. The number of aliphatic hydroxyl groups is 3. The summed E-state index contributed by atoms with van der Waals surface area (Å²) in [6, 6.07) is -0.827. The Hall–Kier alpha value is -1.43. The van der Waals surface area contributed by atoms with Crippen LogP contribution >= 0.6 is 0 Å². The molecule has 3 atom stereocenters. The van der Waals surface area contributed by atoms with Crippen molar-refractivity contribution in [2.75, 3.05) is 6.61 Å². The fraction of sp³-hybridized carbons (Fsp3) is 0.892. The molecule has 0 heterocycles. The summed E-state index contributed by atoms with van der Waals surface area (Å²) in [5.41, 5.74) is 0. The van der Waals surface area contributed by atoms with Gasteiger partial charge in [0.25, 0.3) is 0 Å². The molecule has 70 heavy (non-hydrogen) atoms. The predicted octanol–water partition coefficient (Wildman–Crippen LogP) is 20.2. The van der Waals surface area contributed by atoms with Crippen molar-refractivity contribution in [3.63, 3.8) is 0 Å². The first-order valence-electron chi connectivity index (χ1n) is 31.8. The van der Waals surface area contributed by atoms with Gasteiger partial charge < -0.3 is 20.6 Å². The largest absolute Gasteiger partial charge is 0.394 e. The van der Waals surface area contributed by atoms with Crippen molar-refractivity contribution in [3.8, 4) is 0 Å². The lowest BCUT2D eigenvalue weighted by atomic mass is 10.0. The first-order valence-corrected chi connectivity index (χ1v) is 31.8. The topological polar surface area (TPSA) is 89.8 Å². The Labute approximate surface area is 438 Å². The number of carbonyl (C=O) groups is 1. The van der Waals surface area contributed by atoms with Gasteiger partial charge in [0.05, 0.1) is 18.8 Å². The number of carbonyl (C=O) groups excluding carboxylic acids is 1. The van der Waals surface area contributed by atoms with Gasteiger partial charge in [0.15, 0.2) is 0 Å². The minimum Gasteiger partial charge on any atom is -0.394 e. The minimum atomic E-state index is -1.16. The third-order valence-electron chi connectivity index (χ3n) is 15.0. The molecule has 0 saturated carbocycles. The molecule has 414 valence electrons. The molecule has 0 fully saturated rings. The van der Waals surface area contributed by atoms with E-state index in [-0.39, 0.29) is 12.5 Å². The standard InChI is InChI=1S/C65H125NO4/c1-3-5-7-9-11-13-15-17-19-21-23-25-27-28-29-30-31-32-33-34-35-36-38-40-42-44-46-48-50-52-54-56-58-60-64(69)66-62(61-67)65(70)63(68)59-57-55-53-51-49-47-45-43-41-39-37-26-24-22-20-18-16-14-12-10-8-6-4-2/h23,25,28-29,51,53,62-63,65,67-68,70H,3-22,24,26-27,30-50,52,54-61H2,1-2H3,(H,66,69)/b25-23-,29-28-,53-51+. The lowest BCUT2D eigenvalue weighted by Gasteiger charge is -2.26. The van der Waals surface area contributed by atoms with Gasteiger partial charge in [-0.25, -0.2) is 0 Å². The van der Waals surface area contributed by atoms with E-state index >= 15 is 0 Å². The van der Waals surface area contributed by atoms with E-state index in [0.717, 1.165) is 44.9 Å². The Morgan fingerprint density at radius 3 is 0.914 bits per heavy atom. The number of aliphatic hydroxyl groups excluding tert-OH is 3. The molecule has 0 radical (unpaired) electrons. The zero-order chi connectivity index (χ0) is 50.7. The van der Waals surface area contributed by atoms with Crippen LogP contribution in [0.2, 0.25) is 0 Å². The maximum Gasteiger partial charge on any atom is 0.220 e. The van der Waals surface area contributed by atoms with E-state index < -0.39 is 18.2 Å². The quantitative estimate of drug-likeness (QED) is 0.0361. The van der Waals surface area contributed by atoms with Gasteiger partial charge in [0.1, 0.15) is 6.10 Å². The molecular formula is C65H125NO4. The van der Waals surface area contributed by atoms with Gasteiger partial charge >= 0.3 is 0 Å². The molecule has 0 aromatic carbocycles. The monoisotopic (exact) mass is 984 g/mol. The van der Waals surface area contributed by atoms with Gasteiger partial charge in [-0.1, -0.05) is 307 Å². The molecule has 5 heteroatoms. The lowest BCUT2D eigenvalue weighted by Crippen LogP contribution is -2.50. The summed E-state index contributed by atoms with van der Waals surface area (Å²) >= 11 is 0. The van der Waals surface area contributed by atoms with Crippen molar-refractivity contribution in [1.82, 2.24) is 5.32 Å². The third-order valence-corrected chi connectivity index (χ3v) is 15.0. The van der Waals surface area contributed by atoms with Crippen molar-refractivity contribution in [3.05, 3.63) is 36.5 Å². The van der Waals surface area contributed by atoms with Crippen LogP contribution in [0.25, 0.3) is 0 Å². The number of amides is 1. The summed E-state index contributed by atoms with van der Waals surface area (Å²) in [5, 5.41) is 33.8. The zero-order valence-electron chi connectivity index (χ0n) is 47.4. The van der Waals surface area contributed by atoms with Crippen LogP contribution in [0.1, 0.15) is 348 Å². The summed E-state index contributed by atoms with van der Waals surface area (Å²) < 4.78 is 0. The number of rotatable bonds is 59. The second-order valence-corrected chi connectivity index (χ2v) is 22.0. The Morgan fingerprint density at radius 2 is 0.614 bits per heavy atom. The third kappa shape index (κ3) is 54.3. The maximum absolute atomic E-state index is 12.5. The maximum atomic E-state index is 12.5. The highest BCUT2D eigenvalue weighted by Gasteiger charge is 2.26. The van der Waals surface area contributed by atoms with Crippen LogP contribution < -0.4 is 5.32 Å². The zero-order valence-corrected chi connectivity index (χ0v) is 47.4.